The third kappa shape index (κ3) is 3.95. The molecular weight excluding hydrogens is 269 g/mol. The average Bonchev–Trinajstić information content (AvgIpc) is 2.43. The summed E-state index contributed by atoms with van der Waals surface area (Å²) in [6, 6.07) is 11.7. The Bertz CT molecular complexity index is 640. The highest BCUT2D eigenvalue weighted by atomic mass is 19.1. The number of benzene rings is 2. The molecule has 4 N–H and O–H groups in total. The Morgan fingerprint density at radius 3 is 2.33 bits per heavy atom. The molecule has 1 atom stereocenters. The number of nitrogens with one attached hydrogen (secondary N) is 2. The van der Waals surface area contributed by atoms with Gasteiger partial charge in [0.15, 0.2) is 0 Å². The quantitative estimate of drug-likeness (QED) is 0.800. The number of nitrogens with two attached hydrogens (primary N) is 1. The minimum atomic E-state index is -0.598. The first-order valence-electron chi connectivity index (χ1n) is 6.65. The van der Waals surface area contributed by atoms with Crippen molar-refractivity contribution < 1.29 is 9.18 Å². The van der Waals surface area contributed by atoms with Crippen LogP contribution in [0, 0.1) is 12.7 Å². The number of primary amides is 1. The van der Waals surface area contributed by atoms with Crippen LogP contribution in [0.1, 0.15) is 24.1 Å². The molecule has 0 heterocycles. The van der Waals surface area contributed by atoms with Gasteiger partial charge >= 0.3 is 6.03 Å². The number of rotatable bonds is 4. The molecule has 0 saturated carbocycles. The molecule has 110 valence electrons. The van der Waals surface area contributed by atoms with Crippen LogP contribution >= 0.6 is 0 Å². The van der Waals surface area contributed by atoms with Crippen LogP contribution in [0.15, 0.2) is 42.5 Å². The predicted molar refractivity (Wildman–Crippen MR) is 82.8 cm³/mol. The van der Waals surface area contributed by atoms with Crippen molar-refractivity contribution in [2.24, 2.45) is 5.73 Å². The van der Waals surface area contributed by atoms with E-state index >= 15 is 0 Å². The van der Waals surface area contributed by atoms with E-state index in [1.807, 2.05) is 25.1 Å². The Kier molecular flexibility index (Phi) is 4.42. The molecule has 21 heavy (non-hydrogen) atoms. The zero-order valence-corrected chi connectivity index (χ0v) is 12.0. The van der Waals surface area contributed by atoms with Gasteiger partial charge in [0.2, 0.25) is 0 Å². The summed E-state index contributed by atoms with van der Waals surface area (Å²) in [7, 11) is 0. The molecule has 0 aliphatic heterocycles. The Labute approximate surface area is 123 Å². The van der Waals surface area contributed by atoms with Gasteiger partial charge in [-0.2, -0.15) is 0 Å². The first-order valence-corrected chi connectivity index (χ1v) is 6.65. The van der Waals surface area contributed by atoms with Gasteiger partial charge in [0.25, 0.3) is 0 Å². The summed E-state index contributed by atoms with van der Waals surface area (Å²) in [4.78, 5) is 10.7. The molecule has 1 unspecified atom stereocenters. The third-order valence-electron chi connectivity index (χ3n) is 3.23. The van der Waals surface area contributed by atoms with Crippen LogP contribution in [-0.4, -0.2) is 6.03 Å². The number of anilines is 2. The van der Waals surface area contributed by atoms with E-state index in [4.69, 9.17) is 5.73 Å². The highest BCUT2D eigenvalue weighted by Crippen LogP contribution is 2.22. The molecule has 4 nitrogen and oxygen atoms in total. The van der Waals surface area contributed by atoms with Crippen LogP contribution in [-0.2, 0) is 0 Å². The number of carbonyl (C=O) groups excluding carboxylic acids is 1. The molecule has 0 bridgehead atoms. The zero-order valence-electron chi connectivity index (χ0n) is 12.0. The van der Waals surface area contributed by atoms with Crippen molar-refractivity contribution in [3.63, 3.8) is 0 Å². The number of carbonyl (C=O) groups is 1. The number of halogens is 1. The van der Waals surface area contributed by atoms with Crippen LogP contribution in [0.5, 0.6) is 0 Å². The normalized spacial score (nSPS) is 11.8. The maximum absolute atomic E-state index is 13.6. The smallest absolute Gasteiger partial charge is 0.316 e. The number of hydrogen-bond acceptors (Lipinski definition) is 2. The van der Waals surface area contributed by atoms with Crippen LogP contribution in [0.3, 0.4) is 0 Å². The number of urea groups is 1. The van der Waals surface area contributed by atoms with E-state index in [1.165, 1.54) is 6.07 Å². The second-order valence-electron chi connectivity index (χ2n) is 4.94. The lowest BCUT2D eigenvalue weighted by atomic mass is 10.1. The van der Waals surface area contributed by atoms with Crippen molar-refractivity contribution in [3.05, 3.63) is 59.4 Å². The van der Waals surface area contributed by atoms with Crippen LogP contribution in [0.4, 0.5) is 20.6 Å². The SMILES string of the molecule is Cc1ccc(C(C)Nc2ccc(NC(N)=O)cc2)cc1F. The minimum Gasteiger partial charge on any atom is -0.379 e. The average molecular weight is 287 g/mol. The Morgan fingerprint density at radius 1 is 1.14 bits per heavy atom. The fourth-order valence-corrected chi connectivity index (χ4v) is 2.00. The lowest BCUT2D eigenvalue weighted by molar-refractivity contribution is 0.259. The highest BCUT2D eigenvalue weighted by molar-refractivity contribution is 5.87. The summed E-state index contributed by atoms with van der Waals surface area (Å²) in [6.07, 6.45) is 0. The second kappa shape index (κ2) is 6.26. The molecule has 2 rings (SSSR count). The summed E-state index contributed by atoms with van der Waals surface area (Å²) in [5.41, 5.74) is 8.05. The number of hydrogen-bond donors (Lipinski definition) is 3. The van der Waals surface area contributed by atoms with Crippen LogP contribution in [0.2, 0.25) is 0 Å². The van der Waals surface area contributed by atoms with Gasteiger partial charge in [0, 0.05) is 17.4 Å². The molecule has 0 aromatic heterocycles. The Balaban J connectivity index is 2.06. The summed E-state index contributed by atoms with van der Waals surface area (Å²) >= 11 is 0. The number of amides is 2. The van der Waals surface area contributed by atoms with E-state index in [0.717, 1.165) is 11.3 Å². The van der Waals surface area contributed by atoms with Gasteiger partial charge in [-0.3, -0.25) is 0 Å². The van der Waals surface area contributed by atoms with Crippen LogP contribution < -0.4 is 16.4 Å². The molecular formula is C16H18FN3O. The van der Waals surface area contributed by atoms with Gasteiger partial charge in [-0.05, 0) is 55.3 Å². The van der Waals surface area contributed by atoms with Gasteiger partial charge in [-0.15, -0.1) is 0 Å². The van der Waals surface area contributed by atoms with E-state index < -0.39 is 6.03 Å². The third-order valence-corrected chi connectivity index (χ3v) is 3.23. The van der Waals surface area contributed by atoms with E-state index in [2.05, 4.69) is 10.6 Å². The maximum Gasteiger partial charge on any atom is 0.316 e. The first kappa shape index (κ1) is 14.8. The fraction of sp³-hybridized carbons (Fsp3) is 0.188. The topological polar surface area (TPSA) is 67.2 Å². The predicted octanol–water partition coefficient (Wildman–Crippen LogP) is 3.80. The Hall–Kier alpha value is -2.56. The molecule has 0 saturated heterocycles. The summed E-state index contributed by atoms with van der Waals surface area (Å²) < 4.78 is 13.6. The van der Waals surface area contributed by atoms with Crippen molar-refractivity contribution in [3.8, 4) is 0 Å². The minimum absolute atomic E-state index is 0.0324. The lowest BCUT2D eigenvalue weighted by Crippen LogP contribution is -2.19. The van der Waals surface area contributed by atoms with Crippen molar-refractivity contribution in [2.45, 2.75) is 19.9 Å². The van der Waals surface area contributed by atoms with Crippen molar-refractivity contribution in [2.75, 3.05) is 10.6 Å². The zero-order chi connectivity index (χ0) is 15.4. The molecule has 2 aromatic rings. The summed E-state index contributed by atoms with van der Waals surface area (Å²) in [5, 5.41) is 5.77. The largest absolute Gasteiger partial charge is 0.379 e. The molecule has 2 aromatic carbocycles. The molecule has 0 radical (unpaired) electrons. The summed E-state index contributed by atoms with van der Waals surface area (Å²) in [5.74, 6) is -0.206. The van der Waals surface area contributed by atoms with Crippen molar-refractivity contribution in [1.29, 1.82) is 0 Å². The molecule has 2 amide bonds. The second-order valence-corrected chi connectivity index (χ2v) is 4.94. The van der Waals surface area contributed by atoms with E-state index in [9.17, 15) is 9.18 Å². The Morgan fingerprint density at radius 2 is 1.76 bits per heavy atom. The van der Waals surface area contributed by atoms with Gasteiger partial charge in [-0.25, -0.2) is 9.18 Å². The highest BCUT2D eigenvalue weighted by Gasteiger charge is 2.08. The van der Waals surface area contributed by atoms with E-state index in [1.54, 1.807) is 25.1 Å². The van der Waals surface area contributed by atoms with Crippen LogP contribution in [0.25, 0.3) is 0 Å². The summed E-state index contributed by atoms with van der Waals surface area (Å²) in [6.45, 7) is 3.70. The monoisotopic (exact) mass is 287 g/mol. The fourth-order valence-electron chi connectivity index (χ4n) is 2.00. The van der Waals surface area contributed by atoms with Gasteiger partial charge in [0.1, 0.15) is 5.82 Å². The molecule has 5 heteroatoms. The van der Waals surface area contributed by atoms with Gasteiger partial charge in [0.05, 0.1) is 0 Å². The first-order chi connectivity index (χ1) is 9.95. The standard InChI is InChI=1S/C16H18FN3O/c1-10-3-4-12(9-15(10)17)11(2)19-13-5-7-14(8-6-13)20-16(18)21/h3-9,11,19H,1-2H3,(H3,18,20,21). The molecule has 0 spiro atoms. The molecule has 0 aliphatic carbocycles. The van der Waals surface area contributed by atoms with E-state index in [0.29, 0.717) is 11.3 Å². The van der Waals surface area contributed by atoms with Crippen molar-refractivity contribution >= 4 is 17.4 Å². The van der Waals surface area contributed by atoms with Crippen molar-refractivity contribution in [1.82, 2.24) is 0 Å². The van der Waals surface area contributed by atoms with E-state index in [-0.39, 0.29) is 11.9 Å². The molecule has 0 aliphatic rings. The maximum atomic E-state index is 13.6. The number of aryl methyl sites for hydroxylation is 1. The van der Waals surface area contributed by atoms with Gasteiger partial charge in [-0.1, -0.05) is 12.1 Å². The lowest BCUT2D eigenvalue weighted by Gasteiger charge is -2.16. The van der Waals surface area contributed by atoms with Gasteiger partial charge < -0.3 is 16.4 Å². The molecule has 0 fully saturated rings.